The summed E-state index contributed by atoms with van der Waals surface area (Å²) in [5, 5.41) is 0. The van der Waals surface area contributed by atoms with Gasteiger partial charge in [0.25, 0.3) is 0 Å². The number of para-hydroxylation sites is 1. The molecule has 1 aromatic rings. The molecule has 7 nitrogen and oxygen atoms in total. The number of carbonyl (C=O) groups is 1. The molecule has 2 heterocycles. The molecule has 3 N–H and O–H groups in total. The Morgan fingerprint density at radius 2 is 1.95 bits per heavy atom. The van der Waals surface area contributed by atoms with Crippen molar-refractivity contribution in [3.05, 3.63) is 30.3 Å². The van der Waals surface area contributed by atoms with Crippen molar-refractivity contribution in [1.82, 2.24) is 26.2 Å². The summed E-state index contributed by atoms with van der Waals surface area (Å²) in [7, 11) is 0. The number of carbonyl (C=O) groups excluding carboxylic acids is 1. The molecule has 1 amide bonds. The number of nitrogens with one attached hydrogen (secondary N) is 3. The van der Waals surface area contributed by atoms with Crippen molar-refractivity contribution in [1.29, 1.82) is 0 Å². The van der Waals surface area contributed by atoms with Gasteiger partial charge >= 0.3 is 0 Å². The van der Waals surface area contributed by atoms with E-state index in [-0.39, 0.29) is 11.9 Å². The monoisotopic (exact) mass is 305 g/mol. The first-order chi connectivity index (χ1) is 10.8. The van der Waals surface area contributed by atoms with Crippen molar-refractivity contribution in [2.24, 2.45) is 0 Å². The first-order valence-electron chi connectivity index (χ1n) is 7.75. The van der Waals surface area contributed by atoms with Gasteiger partial charge in [-0.25, -0.2) is 10.9 Å². The molecule has 2 aliphatic heterocycles. The molecule has 2 fully saturated rings. The van der Waals surface area contributed by atoms with E-state index in [1.54, 1.807) is 0 Å². The minimum atomic E-state index is -0.159. The molecule has 7 heteroatoms. The number of hydrogen-bond acceptors (Lipinski definition) is 6. The van der Waals surface area contributed by atoms with Crippen LogP contribution in [0.3, 0.4) is 0 Å². The van der Waals surface area contributed by atoms with E-state index < -0.39 is 0 Å². The van der Waals surface area contributed by atoms with Gasteiger partial charge in [0.2, 0.25) is 5.91 Å². The lowest BCUT2D eigenvalue weighted by molar-refractivity contribution is -0.134. The lowest BCUT2D eigenvalue weighted by Gasteiger charge is -2.35. The van der Waals surface area contributed by atoms with E-state index in [9.17, 15) is 4.79 Å². The molecule has 0 aliphatic carbocycles. The van der Waals surface area contributed by atoms with E-state index in [0.29, 0.717) is 13.2 Å². The van der Waals surface area contributed by atoms with Crippen LogP contribution in [0.1, 0.15) is 0 Å². The van der Waals surface area contributed by atoms with Crippen LogP contribution in [0, 0.1) is 0 Å². The second-order valence-corrected chi connectivity index (χ2v) is 5.53. The van der Waals surface area contributed by atoms with E-state index in [0.717, 1.165) is 38.5 Å². The van der Waals surface area contributed by atoms with Gasteiger partial charge in [0.1, 0.15) is 18.4 Å². The molecular formula is C15H23N5O2. The summed E-state index contributed by atoms with van der Waals surface area (Å²) in [6.07, 6.45) is 0. The van der Waals surface area contributed by atoms with Gasteiger partial charge in [-0.15, -0.1) is 0 Å². The topological polar surface area (TPSA) is 68.9 Å². The summed E-state index contributed by atoms with van der Waals surface area (Å²) >= 11 is 0. The quantitative estimate of drug-likeness (QED) is 0.661. The zero-order valence-corrected chi connectivity index (χ0v) is 12.6. The van der Waals surface area contributed by atoms with Gasteiger partial charge in [0, 0.05) is 39.3 Å². The van der Waals surface area contributed by atoms with Gasteiger partial charge in [-0.1, -0.05) is 18.2 Å². The lowest BCUT2D eigenvalue weighted by atomic mass is 10.2. The molecule has 120 valence electrons. The number of nitrogens with zero attached hydrogens (tertiary/aromatic N) is 2. The van der Waals surface area contributed by atoms with Crippen molar-refractivity contribution in [3.63, 3.8) is 0 Å². The molecule has 2 saturated heterocycles. The molecule has 1 aromatic carbocycles. The van der Waals surface area contributed by atoms with Crippen LogP contribution in [0.5, 0.6) is 5.75 Å². The third-order valence-electron chi connectivity index (χ3n) is 4.04. The zero-order chi connectivity index (χ0) is 15.2. The SMILES string of the molecule is O=C(C1CNNN1)N1CCN(CCOc2ccccc2)CC1. The fraction of sp³-hybridized carbons (Fsp3) is 0.533. The molecule has 0 radical (unpaired) electrons. The van der Waals surface area contributed by atoms with Gasteiger partial charge in [0.05, 0.1) is 0 Å². The predicted molar refractivity (Wildman–Crippen MR) is 83.0 cm³/mol. The van der Waals surface area contributed by atoms with Gasteiger partial charge < -0.3 is 9.64 Å². The molecule has 0 aromatic heterocycles. The molecule has 0 saturated carbocycles. The van der Waals surface area contributed by atoms with Crippen LogP contribution in [0.15, 0.2) is 30.3 Å². The van der Waals surface area contributed by atoms with Gasteiger partial charge in [-0.3, -0.25) is 9.69 Å². The highest BCUT2D eigenvalue weighted by Crippen LogP contribution is 2.09. The molecule has 1 atom stereocenters. The van der Waals surface area contributed by atoms with E-state index >= 15 is 0 Å². The number of amides is 1. The zero-order valence-electron chi connectivity index (χ0n) is 12.6. The fourth-order valence-corrected chi connectivity index (χ4v) is 2.71. The molecule has 1 unspecified atom stereocenters. The largest absolute Gasteiger partial charge is 0.492 e. The van der Waals surface area contributed by atoms with E-state index in [1.807, 2.05) is 35.2 Å². The molecular weight excluding hydrogens is 282 g/mol. The van der Waals surface area contributed by atoms with Crippen LogP contribution in [0.4, 0.5) is 0 Å². The Morgan fingerprint density at radius 3 is 2.64 bits per heavy atom. The Kier molecular flexibility index (Phi) is 5.23. The molecule has 0 bridgehead atoms. The second-order valence-electron chi connectivity index (χ2n) is 5.53. The average molecular weight is 305 g/mol. The minimum Gasteiger partial charge on any atom is -0.492 e. The number of piperazine rings is 1. The Hall–Kier alpha value is -1.67. The Labute approximate surface area is 130 Å². The van der Waals surface area contributed by atoms with Crippen molar-refractivity contribution < 1.29 is 9.53 Å². The third kappa shape index (κ3) is 3.95. The maximum atomic E-state index is 12.2. The highest BCUT2D eigenvalue weighted by molar-refractivity contribution is 5.82. The first-order valence-corrected chi connectivity index (χ1v) is 7.75. The Bertz CT molecular complexity index is 470. The number of benzene rings is 1. The summed E-state index contributed by atoms with van der Waals surface area (Å²) < 4.78 is 5.72. The normalized spacial score (nSPS) is 22.7. The Morgan fingerprint density at radius 1 is 1.18 bits per heavy atom. The summed E-state index contributed by atoms with van der Waals surface area (Å²) in [6.45, 7) is 5.56. The second kappa shape index (κ2) is 7.55. The van der Waals surface area contributed by atoms with Crippen molar-refractivity contribution >= 4 is 5.91 Å². The van der Waals surface area contributed by atoms with Crippen LogP contribution >= 0.6 is 0 Å². The fourth-order valence-electron chi connectivity index (χ4n) is 2.71. The predicted octanol–water partition coefficient (Wildman–Crippen LogP) is -0.809. The maximum Gasteiger partial charge on any atom is 0.242 e. The van der Waals surface area contributed by atoms with Crippen LogP contribution < -0.4 is 21.1 Å². The number of rotatable bonds is 5. The van der Waals surface area contributed by atoms with Gasteiger partial charge in [0.15, 0.2) is 0 Å². The van der Waals surface area contributed by atoms with Crippen LogP contribution in [-0.2, 0) is 4.79 Å². The first kappa shape index (κ1) is 15.2. The van der Waals surface area contributed by atoms with Crippen LogP contribution in [0.25, 0.3) is 0 Å². The summed E-state index contributed by atoms with van der Waals surface area (Å²) in [4.78, 5) is 16.5. The van der Waals surface area contributed by atoms with Crippen LogP contribution in [0.2, 0.25) is 0 Å². The molecule has 22 heavy (non-hydrogen) atoms. The highest BCUT2D eigenvalue weighted by atomic mass is 16.5. The molecule has 0 spiro atoms. The maximum absolute atomic E-state index is 12.2. The van der Waals surface area contributed by atoms with Crippen molar-refractivity contribution in [2.75, 3.05) is 45.9 Å². The third-order valence-corrected chi connectivity index (χ3v) is 4.04. The number of hydrogen-bond donors (Lipinski definition) is 3. The smallest absolute Gasteiger partial charge is 0.242 e. The van der Waals surface area contributed by atoms with Crippen LogP contribution in [-0.4, -0.2) is 67.6 Å². The Balaban J connectivity index is 1.36. The average Bonchev–Trinajstić information content (AvgIpc) is 3.10. The number of hydrazine groups is 2. The highest BCUT2D eigenvalue weighted by Gasteiger charge is 2.29. The van der Waals surface area contributed by atoms with Crippen molar-refractivity contribution in [2.45, 2.75) is 6.04 Å². The summed E-state index contributed by atoms with van der Waals surface area (Å²) in [5.41, 5.74) is 8.61. The van der Waals surface area contributed by atoms with Gasteiger partial charge in [-0.2, -0.15) is 5.53 Å². The lowest BCUT2D eigenvalue weighted by Crippen LogP contribution is -2.54. The molecule has 3 rings (SSSR count). The summed E-state index contributed by atoms with van der Waals surface area (Å²) in [5.74, 6) is 1.07. The van der Waals surface area contributed by atoms with Gasteiger partial charge in [-0.05, 0) is 12.1 Å². The minimum absolute atomic E-state index is 0.159. The molecule has 2 aliphatic rings. The van der Waals surface area contributed by atoms with Crippen molar-refractivity contribution in [3.8, 4) is 5.75 Å². The van der Waals surface area contributed by atoms with E-state index in [1.165, 1.54) is 0 Å². The van der Waals surface area contributed by atoms with E-state index in [2.05, 4.69) is 21.3 Å². The number of ether oxygens (including phenoxy) is 1. The summed E-state index contributed by atoms with van der Waals surface area (Å²) in [6, 6.07) is 9.70. The standard InChI is InChI=1S/C15H23N5O2/c21-15(14-12-16-18-17-14)20-8-6-19(7-9-20)10-11-22-13-4-2-1-3-5-13/h1-5,14,16-18H,6-12H2. The van der Waals surface area contributed by atoms with E-state index in [4.69, 9.17) is 4.74 Å².